The van der Waals surface area contributed by atoms with Crippen molar-refractivity contribution in [1.82, 2.24) is 10.6 Å². The zero-order valence-corrected chi connectivity index (χ0v) is 12.9. The quantitative estimate of drug-likeness (QED) is 0.876. The first-order valence-electron chi connectivity index (χ1n) is 7.81. The normalized spacial score (nSPS) is 25.6. The van der Waals surface area contributed by atoms with Gasteiger partial charge in [-0.15, -0.1) is 0 Å². The molecule has 1 fully saturated rings. The molecule has 1 aromatic carbocycles. The van der Waals surface area contributed by atoms with Crippen LogP contribution in [0.3, 0.4) is 0 Å². The molecule has 2 N–H and O–H groups in total. The molecule has 0 aromatic heterocycles. The maximum atomic E-state index is 13.4. The second-order valence-corrected chi connectivity index (χ2v) is 6.14. The minimum atomic E-state index is -0.236. The lowest BCUT2D eigenvalue weighted by Gasteiger charge is -2.34. The summed E-state index contributed by atoms with van der Waals surface area (Å²) in [5.74, 6) is 0.946. The highest BCUT2D eigenvalue weighted by atomic mass is 19.1. The summed E-state index contributed by atoms with van der Waals surface area (Å²) in [6.07, 6.45) is 3.49. The zero-order chi connectivity index (χ0) is 15.2. The van der Waals surface area contributed by atoms with Crippen LogP contribution in [0.1, 0.15) is 38.7 Å². The van der Waals surface area contributed by atoms with Gasteiger partial charge in [0.2, 0.25) is 5.91 Å². The number of carbonyl (C=O) groups excluding carboxylic acids is 1. The van der Waals surface area contributed by atoms with Gasteiger partial charge in [0, 0.05) is 18.2 Å². The average molecular weight is 292 g/mol. The van der Waals surface area contributed by atoms with E-state index in [-0.39, 0.29) is 24.3 Å². The van der Waals surface area contributed by atoms with Gasteiger partial charge in [-0.3, -0.25) is 4.79 Å². The smallest absolute Gasteiger partial charge is 0.234 e. The minimum absolute atomic E-state index is 0.00251. The third-order valence-electron chi connectivity index (χ3n) is 4.61. The molecule has 0 bridgehead atoms. The van der Waals surface area contributed by atoms with Gasteiger partial charge in [0.05, 0.1) is 6.54 Å². The maximum absolute atomic E-state index is 13.4. The fourth-order valence-electron chi connectivity index (χ4n) is 3.00. The Morgan fingerprint density at radius 2 is 2.05 bits per heavy atom. The fraction of sp³-hybridized carbons (Fsp3) is 0.588. The zero-order valence-electron chi connectivity index (χ0n) is 12.9. The number of hydrogen-bond donors (Lipinski definition) is 2. The molecule has 2 rings (SSSR count). The summed E-state index contributed by atoms with van der Waals surface area (Å²) >= 11 is 0. The van der Waals surface area contributed by atoms with Gasteiger partial charge in [0.1, 0.15) is 5.82 Å². The SMILES string of the molecule is C[C@H]1[C@@H](NC(=O)CNCc2ccccc2F)CCC[C@@H]1C. The lowest BCUT2D eigenvalue weighted by Crippen LogP contribution is -2.46. The minimum Gasteiger partial charge on any atom is -0.352 e. The van der Waals surface area contributed by atoms with Crippen LogP contribution in [0.25, 0.3) is 0 Å². The van der Waals surface area contributed by atoms with Gasteiger partial charge < -0.3 is 10.6 Å². The van der Waals surface area contributed by atoms with E-state index in [1.807, 2.05) is 0 Å². The Hall–Kier alpha value is -1.42. The van der Waals surface area contributed by atoms with Crippen molar-refractivity contribution in [2.75, 3.05) is 6.54 Å². The molecule has 0 unspecified atom stereocenters. The first-order chi connectivity index (χ1) is 10.1. The van der Waals surface area contributed by atoms with Crippen LogP contribution in [0.5, 0.6) is 0 Å². The van der Waals surface area contributed by atoms with E-state index < -0.39 is 0 Å². The summed E-state index contributed by atoms with van der Waals surface area (Å²) < 4.78 is 13.4. The van der Waals surface area contributed by atoms with Crippen molar-refractivity contribution in [1.29, 1.82) is 0 Å². The lowest BCUT2D eigenvalue weighted by molar-refractivity contribution is -0.121. The molecule has 0 spiro atoms. The standard InChI is InChI=1S/C17H25FN2O/c1-12-6-5-9-16(13(12)2)20-17(21)11-19-10-14-7-3-4-8-15(14)18/h3-4,7-8,12-13,16,19H,5-6,9-11H2,1-2H3,(H,20,21)/t12-,13+,16-/m0/s1. The average Bonchev–Trinajstić information content (AvgIpc) is 2.46. The monoisotopic (exact) mass is 292 g/mol. The van der Waals surface area contributed by atoms with E-state index in [9.17, 15) is 9.18 Å². The van der Waals surface area contributed by atoms with E-state index >= 15 is 0 Å². The molecule has 0 heterocycles. The third-order valence-corrected chi connectivity index (χ3v) is 4.61. The highest BCUT2D eigenvalue weighted by molar-refractivity contribution is 5.78. The molecule has 1 aromatic rings. The Kier molecular flexibility index (Phi) is 5.74. The summed E-state index contributed by atoms with van der Waals surface area (Å²) in [7, 11) is 0. The number of carbonyl (C=O) groups is 1. The second-order valence-electron chi connectivity index (χ2n) is 6.14. The molecule has 1 aliphatic carbocycles. The first kappa shape index (κ1) is 16.0. The molecule has 0 aliphatic heterocycles. The molecule has 1 saturated carbocycles. The van der Waals surface area contributed by atoms with Gasteiger partial charge in [0.15, 0.2) is 0 Å². The molecular weight excluding hydrogens is 267 g/mol. The van der Waals surface area contributed by atoms with E-state index in [2.05, 4.69) is 24.5 Å². The fourth-order valence-corrected chi connectivity index (χ4v) is 3.00. The van der Waals surface area contributed by atoms with Crippen molar-refractivity contribution in [3.05, 3.63) is 35.6 Å². The van der Waals surface area contributed by atoms with Crippen LogP contribution in [0.4, 0.5) is 4.39 Å². The van der Waals surface area contributed by atoms with Crippen LogP contribution in [0.15, 0.2) is 24.3 Å². The second kappa shape index (κ2) is 7.55. The van der Waals surface area contributed by atoms with Gasteiger partial charge in [-0.1, -0.05) is 44.9 Å². The van der Waals surface area contributed by atoms with Crippen LogP contribution in [-0.4, -0.2) is 18.5 Å². The molecule has 4 heteroatoms. The Bertz CT molecular complexity index is 478. The predicted molar refractivity (Wildman–Crippen MR) is 82.2 cm³/mol. The molecule has 1 aliphatic rings. The number of rotatable bonds is 5. The molecule has 3 nitrogen and oxygen atoms in total. The number of nitrogens with one attached hydrogen (secondary N) is 2. The molecule has 0 saturated heterocycles. The van der Waals surface area contributed by atoms with Crippen molar-refractivity contribution in [3.8, 4) is 0 Å². The van der Waals surface area contributed by atoms with Crippen LogP contribution < -0.4 is 10.6 Å². The van der Waals surface area contributed by atoms with Gasteiger partial charge in [0.25, 0.3) is 0 Å². The van der Waals surface area contributed by atoms with Crippen LogP contribution in [0, 0.1) is 17.7 Å². The van der Waals surface area contributed by atoms with Crippen molar-refractivity contribution in [2.24, 2.45) is 11.8 Å². The molecule has 21 heavy (non-hydrogen) atoms. The summed E-state index contributed by atoms with van der Waals surface area (Å²) in [5, 5.41) is 6.11. The summed E-state index contributed by atoms with van der Waals surface area (Å²) in [5.41, 5.74) is 0.588. The largest absolute Gasteiger partial charge is 0.352 e. The number of halogens is 1. The van der Waals surface area contributed by atoms with Crippen molar-refractivity contribution in [2.45, 2.75) is 45.7 Å². The third kappa shape index (κ3) is 4.53. The highest BCUT2D eigenvalue weighted by Crippen LogP contribution is 2.29. The molecular formula is C17H25FN2O. The Labute approximate surface area is 126 Å². The predicted octanol–water partition coefficient (Wildman–Crippen LogP) is 2.86. The molecule has 116 valence electrons. The van der Waals surface area contributed by atoms with Crippen LogP contribution in [0.2, 0.25) is 0 Å². The molecule has 1 amide bonds. The van der Waals surface area contributed by atoms with E-state index in [1.165, 1.54) is 18.9 Å². The van der Waals surface area contributed by atoms with E-state index in [1.54, 1.807) is 18.2 Å². The number of benzene rings is 1. The Morgan fingerprint density at radius 3 is 2.81 bits per heavy atom. The summed E-state index contributed by atoms with van der Waals surface area (Å²) in [6.45, 7) is 5.06. The molecule has 0 radical (unpaired) electrons. The van der Waals surface area contributed by atoms with Gasteiger partial charge >= 0.3 is 0 Å². The van der Waals surface area contributed by atoms with E-state index in [4.69, 9.17) is 0 Å². The number of hydrogen-bond acceptors (Lipinski definition) is 2. The van der Waals surface area contributed by atoms with Crippen molar-refractivity contribution >= 4 is 5.91 Å². The van der Waals surface area contributed by atoms with Gasteiger partial charge in [-0.05, 0) is 24.3 Å². The van der Waals surface area contributed by atoms with Crippen LogP contribution in [-0.2, 0) is 11.3 Å². The maximum Gasteiger partial charge on any atom is 0.234 e. The highest BCUT2D eigenvalue weighted by Gasteiger charge is 2.27. The Morgan fingerprint density at radius 1 is 1.29 bits per heavy atom. The van der Waals surface area contributed by atoms with E-state index in [0.29, 0.717) is 23.9 Å². The topological polar surface area (TPSA) is 41.1 Å². The van der Waals surface area contributed by atoms with Crippen molar-refractivity contribution in [3.63, 3.8) is 0 Å². The lowest BCUT2D eigenvalue weighted by atomic mass is 9.78. The summed E-state index contributed by atoms with van der Waals surface area (Å²) in [4.78, 5) is 12.0. The first-order valence-corrected chi connectivity index (χ1v) is 7.81. The molecule has 3 atom stereocenters. The van der Waals surface area contributed by atoms with Gasteiger partial charge in [-0.2, -0.15) is 0 Å². The Balaban J connectivity index is 1.74. The summed E-state index contributed by atoms with van der Waals surface area (Å²) in [6, 6.07) is 6.90. The van der Waals surface area contributed by atoms with Crippen LogP contribution >= 0.6 is 0 Å². The van der Waals surface area contributed by atoms with E-state index in [0.717, 1.165) is 6.42 Å². The van der Waals surface area contributed by atoms with Crippen molar-refractivity contribution < 1.29 is 9.18 Å². The van der Waals surface area contributed by atoms with Gasteiger partial charge in [-0.25, -0.2) is 4.39 Å². The number of amides is 1.